The Morgan fingerprint density at radius 3 is 2.33 bits per heavy atom. The van der Waals surface area contributed by atoms with Gasteiger partial charge in [0, 0.05) is 0 Å². The summed E-state index contributed by atoms with van der Waals surface area (Å²) < 4.78 is 0. The minimum absolute atomic E-state index is 0.662. The Bertz CT molecular complexity index is 342. The first-order valence-electron chi connectivity index (χ1n) is 8.41. The van der Waals surface area contributed by atoms with E-state index in [1.807, 2.05) is 0 Å². The predicted octanol–water partition coefficient (Wildman–Crippen LogP) is 5.38. The van der Waals surface area contributed by atoms with Crippen molar-refractivity contribution in [1.82, 2.24) is 0 Å². The zero-order chi connectivity index (χ0) is 13.3. The highest BCUT2D eigenvalue weighted by molar-refractivity contribution is 5.23. The molecule has 0 aliphatic heterocycles. The highest BCUT2D eigenvalue weighted by atomic mass is 14.8. The van der Waals surface area contributed by atoms with Gasteiger partial charge < -0.3 is 0 Å². The number of rotatable bonds is 1. The molecular formula is C18H32. The zero-order valence-electron chi connectivity index (χ0n) is 13.3. The van der Waals surface area contributed by atoms with E-state index in [4.69, 9.17) is 0 Å². The molecule has 8 unspecified atom stereocenters. The fourth-order valence-corrected chi connectivity index (χ4v) is 7.01. The van der Waals surface area contributed by atoms with Crippen LogP contribution in [-0.2, 0) is 0 Å². The molecule has 0 heterocycles. The SMILES string of the molecule is CCC1CC2C(C)C(C)CCC3(C)C(C)C(C)C123. The van der Waals surface area contributed by atoms with Crippen molar-refractivity contribution < 1.29 is 0 Å². The first kappa shape index (κ1) is 13.0. The predicted molar refractivity (Wildman–Crippen MR) is 78.3 cm³/mol. The van der Waals surface area contributed by atoms with Gasteiger partial charge in [-0.15, -0.1) is 0 Å². The molecular weight excluding hydrogens is 216 g/mol. The van der Waals surface area contributed by atoms with Crippen LogP contribution in [0.5, 0.6) is 0 Å². The molecule has 3 saturated carbocycles. The summed E-state index contributed by atoms with van der Waals surface area (Å²) in [4.78, 5) is 0. The molecule has 3 fully saturated rings. The average molecular weight is 248 g/mol. The van der Waals surface area contributed by atoms with Crippen LogP contribution >= 0.6 is 0 Å². The van der Waals surface area contributed by atoms with Crippen molar-refractivity contribution in [2.75, 3.05) is 0 Å². The lowest BCUT2D eigenvalue weighted by Gasteiger charge is -2.79. The van der Waals surface area contributed by atoms with Crippen LogP contribution in [0.1, 0.15) is 67.2 Å². The van der Waals surface area contributed by atoms with Crippen molar-refractivity contribution in [1.29, 1.82) is 0 Å². The van der Waals surface area contributed by atoms with Gasteiger partial charge in [0.25, 0.3) is 0 Å². The van der Waals surface area contributed by atoms with Crippen LogP contribution in [-0.4, -0.2) is 0 Å². The lowest BCUT2D eigenvalue weighted by molar-refractivity contribution is -0.311. The Kier molecular flexibility index (Phi) is 2.72. The van der Waals surface area contributed by atoms with Gasteiger partial charge in [-0.2, -0.15) is 0 Å². The third-order valence-electron chi connectivity index (χ3n) is 8.47. The Hall–Kier alpha value is 0. The van der Waals surface area contributed by atoms with Crippen LogP contribution in [0.3, 0.4) is 0 Å². The summed E-state index contributed by atoms with van der Waals surface area (Å²) in [6.45, 7) is 15.3. The van der Waals surface area contributed by atoms with Crippen molar-refractivity contribution in [3.8, 4) is 0 Å². The van der Waals surface area contributed by atoms with Gasteiger partial charge in [0.05, 0.1) is 0 Å². The van der Waals surface area contributed by atoms with Crippen LogP contribution in [0.25, 0.3) is 0 Å². The second kappa shape index (κ2) is 3.76. The normalized spacial score (nSPS) is 63.0. The molecule has 8 atom stereocenters. The van der Waals surface area contributed by atoms with Gasteiger partial charge in [-0.1, -0.05) is 48.0 Å². The summed E-state index contributed by atoms with van der Waals surface area (Å²) in [6.07, 6.45) is 5.93. The fourth-order valence-electron chi connectivity index (χ4n) is 7.01. The monoisotopic (exact) mass is 248 g/mol. The van der Waals surface area contributed by atoms with Gasteiger partial charge in [0.15, 0.2) is 0 Å². The Morgan fingerprint density at radius 1 is 1.06 bits per heavy atom. The van der Waals surface area contributed by atoms with Crippen LogP contribution in [0.4, 0.5) is 0 Å². The maximum Gasteiger partial charge on any atom is -0.0153 e. The smallest absolute Gasteiger partial charge is 0.0153 e. The molecule has 104 valence electrons. The summed E-state index contributed by atoms with van der Waals surface area (Å²) in [6, 6.07) is 0. The molecule has 0 aromatic carbocycles. The second-order valence-corrected chi connectivity index (χ2v) is 8.25. The third-order valence-corrected chi connectivity index (χ3v) is 8.47. The van der Waals surface area contributed by atoms with Crippen LogP contribution in [0.15, 0.2) is 0 Å². The first-order valence-corrected chi connectivity index (χ1v) is 8.41. The molecule has 3 aliphatic rings. The van der Waals surface area contributed by atoms with Gasteiger partial charge >= 0.3 is 0 Å². The van der Waals surface area contributed by atoms with E-state index in [0.29, 0.717) is 5.41 Å². The molecule has 0 heteroatoms. The summed E-state index contributed by atoms with van der Waals surface area (Å²) in [5.74, 6) is 5.91. The van der Waals surface area contributed by atoms with Gasteiger partial charge in [-0.05, 0) is 65.6 Å². The molecule has 3 aliphatic carbocycles. The van der Waals surface area contributed by atoms with Crippen molar-refractivity contribution in [3.63, 3.8) is 0 Å². The van der Waals surface area contributed by atoms with E-state index in [1.165, 1.54) is 25.7 Å². The van der Waals surface area contributed by atoms with Crippen LogP contribution < -0.4 is 0 Å². The molecule has 0 aromatic heterocycles. The average Bonchev–Trinajstić information content (AvgIpc) is 2.38. The lowest BCUT2D eigenvalue weighted by Crippen LogP contribution is -2.73. The standard InChI is InChI=1S/C18H32/c1-7-15-10-16-12(3)11(2)8-9-17(6)13(4)14(5)18(15,16)17/h11-16H,7-10H2,1-6H3. The van der Waals surface area contributed by atoms with E-state index in [2.05, 4.69) is 41.5 Å². The molecule has 0 aromatic rings. The third kappa shape index (κ3) is 1.11. The Balaban J connectivity index is 2.04. The molecule has 0 nitrogen and oxygen atoms in total. The molecule has 18 heavy (non-hydrogen) atoms. The van der Waals surface area contributed by atoms with Gasteiger partial charge in [-0.3, -0.25) is 0 Å². The Labute approximate surface area is 114 Å². The maximum atomic E-state index is 2.65. The summed E-state index contributed by atoms with van der Waals surface area (Å²) in [5, 5.41) is 0. The largest absolute Gasteiger partial charge is 0.0651 e. The summed E-state index contributed by atoms with van der Waals surface area (Å²) in [7, 11) is 0. The number of hydrogen-bond acceptors (Lipinski definition) is 0. The van der Waals surface area contributed by atoms with Crippen molar-refractivity contribution >= 4 is 0 Å². The second-order valence-electron chi connectivity index (χ2n) is 8.25. The fraction of sp³-hybridized carbons (Fsp3) is 1.00. The van der Waals surface area contributed by atoms with Gasteiger partial charge in [0.2, 0.25) is 0 Å². The van der Waals surface area contributed by atoms with Crippen LogP contribution in [0.2, 0.25) is 0 Å². The molecule has 0 N–H and O–H groups in total. The van der Waals surface area contributed by atoms with Gasteiger partial charge in [0.1, 0.15) is 0 Å². The van der Waals surface area contributed by atoms with Crippen molar-refractivity contribution in [3.05, 3.63) is 0 Å². The Morgan fingerprint density at radius 2 is 1.72 bits per heavy atom. The van der Waals surface area contributed by atoms with E-state index >= 15 is 0 Å². The first-order chi connectivity index (χ1) is 8.41. The van der Waals surface area contributed by atoms with E-state index in [-0.39, 0.29) is 0 Å². The summed E-state index contributed by atoms with van der Waals surface area (Å²) in [5.41, 5.74) is 1.39. The minimum atomic E-state index is 0.662. The molecule has 0 saturated heterocycles. The van der Waals surface area contributed by atoms with E-state index in [0.717, 1.165) is 40.9 Å². The highest BCUT2D eigenvalue weighted by Crippen LogP contribution is 2.81. The molecule has 3 rings (SSSR count). The maximum absolute atomic E-state index is 2.65. The van der Waals surface area contributed by atoms with Crippen molar-refractivity contribution in [2.45, 2.75) is 67.2 Å². The van der Waals surface area contributed by atoms with E-state index < -0.39 is 0 Å². The quantitative estimate of drug-likeness (QED) is 0.584. The highest BCUT2D eigenvalue weighted by Gasteiger charge is 2.76. The van der Waals surface area contributed by atoms with Crippen molar-refractivity contribution in [2.24, 2.45) is 46.3 Å². The lowest BCUT2D eigenvalue weighted by atomic mass is 9.26. The van der Waals surface area contributed by atoms with E-state index in [1.54, 1.807) is 0 Å². The zero-order valence-corrected chi connectivity index (χ0v) is 13.3. The minimum Gasteiger partial charge on any atom is -0.0651 e. The topological polar surface area (TPSA) is 0 Å². The molecule has 0 amide bonds. The molecule has 1 spiro atoms. The molecule has 0 bridgehead atoms. The van der Waals surface area contributed by atoms with Gasteiger partial charge in [-0.25, -0.2) is 0 Å². The molecule has 0 radical (unpaired) electrons. The number of hydrogen-bond donors (Lipinski definition) is 0. The van der Waals surface area contributed by atoms with E-state index in [9.17, 15) is 0 Å². The van der Waals surface area contributed by atoms with Crippen LogP contribution in [0, 0.1) is 46.3 Å². The summed E-state index contributed by atoms with van der Waals surface area (Å²) >= 11 is 0.